The second-order valence-corrected chi connectivity index (χ2v) is 5.13. The van der Waals surface area contributed by atoms with E-state index in [0.717, 1.165) is 16.7 Å². The van der Waals surface area contributed by atoms with E-state index >= 15 is 0 Å². The van der Waals surface area contributed by atoms with Crippen LogP contribution < -0.4 is 5.32 Å². The van der Waals surface area contributed by atoms with Crippen LogP contribution >= 0.6 is 15.9 Å². The molecule has 2 aromatic rings. The highest BCUT2D eigenvalue weighted by atomic mass is 79.9. The molecule has 17 heavy (non-hydrogen) atoms. The third-order valence-corrected chi connectivity index (χ3v) is 3.12. The highest BCUT2D eigenvalue weighted by Crippen LogP contribution is 2.19. The summed E-state index contributed by atoms with van der Waals surface area (Å²) in [5.74, 6) is 0. The van der Waals surface area contributed by atoms with Crippen molar-refractivity contribution in [1.29, 1.82) is 0 Å². The summed E-state index contributed by atoms with van der Waals surface area (Å²) in [6, 6.07) is 8.55. The van der Waals surface area contributed by atoms with Crippen molar-refractivity contribution in [3.05, 3.63) is 46.7 Å². The number of rotatable bonds is 4. The molecule has 0 spiro atoms. The SMILES string of the molecule is CC(C)NCc1cnn(-c2ccccc2Br)c1. The Balaban J connectivity index is 2.16. The first kappa shape index (κ1) is 12.3. The van der Waals surface area contributed by atoms with Gasteiger partial charge in [-0.2, -0.15) is 5.10 Å². The standard InChI is InChI=1S/C13H16BrN3/c1-10(2)15-7-11-8-16-17(9-11)13-6-4-3-5-12(13)14/h3-6,8-10,15H,7H2,1-2H3. The van der Waals surface area contributed by atoms with E-state index in [0.29, 0.717) is 6.04 Å². The highest BCUT2D eigenvalue weighted by Gasteiger charge is 2.04. The van der Waals surface area contributed by atoms with Crippen LogP contribution in [0.1, 0.15) is 19.4 Å². The van der Waals surface area contributed by atoms with Gasteiger partial charge in [-0.25, -0.2) is 4.68 Å². The molecule has 1 heterocycles. The van der Waals surface area contributed by atoms with E-state index < -0.39 is 0 Å². The molecule has 0 saturated carbocycles. The van der Waals surface area contributed by atoms with Crippen LogP contribution in [0.4, 0.5) is 0 Å². The molecule has 3 nitrogen and oxygen atoms in total. The van der Waals surface area contributed by atoms with E-state index in [4.69, 9.17) is 0 Å². The van der Waals surface area contributed by atoms with Crippen LogP contribution in [0.3, 0.4) is 0 Å². The molecular formula is C13H16BrN3. The van der Waals surface area contributed by atoms with Crippen LogP contribution in [0.2, 0.25) is 0 Å². The lowest BCUT2D eigenvalue weighted by Gasteiger charge is -2.05. The minimum Gasteiger partial charge on any atom is -0.310 e. The zero-order chi connectivity index (χ0) is 12.3. The molecule has 1 aromatic carbocycles. The quantitative estimate of drug-likeness (QED) is 0.939. The molecule has 1 aromatic heterocycles. The van der Waals surface area contributed by atoms with Crippen molar-refractivity contribution in [3.8, 4) is 5.69 Å². The summed E-state index contributed by atoms with van der Waals surface area (Å²) in [5, 5.41) is 7.75. The Kier molecular flexibility index (Phi) is 3.97. The number of hydrogen-bond donors (Lipinski definition) is 1. The molecule has 0 aliphatic heterocycles. The molecule has 0 bridgehead atoms. The fraction of sp³-hybridized carbons (Fsp3) is 0.308. The van der Waals surface area contributed by atoms with Gasteiger partial charge in [-0.3, -0.25) is 0 Å². The highest BCUT2D eigenvalue weighted by molar-refractivity contribution is 9.10. The number of aromatic nitrogens is 2. The van der Waals surface area contributed by atoms with E-state index in [9.17, 15) is 0 Å². The molecule has 0 fully saturated rings. The molecule has 0 aliphatic rings. The maximum absolute atomic E-state index is 4.37. The molecule has 4 heteroatoms. The summed E-state index contributed by atoms with van der Waals surface area (Å²) < 4.78 is 2.94. The van der Waals surface area contributed by atoms with Gasteiger partial charge in [-0.1, -0.05) is 26.0 Å². The second kappa shape index (κ2) is 5.47. The van der Waals surface area contributed by atoms with Gasteiger partial charge in [0.1, 0.15) is 0 Å². The second-order valence-electron chi connectivity index (χ2n) is 4.28. The Morgan fingerprint density at radius 1 is 1.35 bits per heavy atom. The zero-order valence-corrected chi connectivity index (χ0v) is 11.6. The summed E-state index contributed by atoms with van der Waals surface area (Å²) in [7, 11) is 0. The Hall–Kier alpha value is -1.13. The molecular weight excluding hydrogens is 278 g/mol. The van der Waals surface area contributed by atoms with Crippen molar-refractivity contribution in [3.63, 3.8) is 0 Å². The van der Waals surface area contributed by atoms with Gasteiger partial charge in [0.2, 0.25) is 0 Å². The number of halogens is 1. The van der Waals surface area contributed by atoms with E-state index in [1.165, 1.54) is 5.56 Å². The largest absolute Gasteiger partial charge is 0.310 e. The minimum absolute atomic E-state index is 0.488. The third kappa shape index (κ3) is 3.17. The van der Waals surface area contributed by atoms with Crippen molar-refractivity contribution >= 4 is 15.9 Å². The molecule has 0 radical (unpaired) electrons. The molecule has 0 saturated heterocycles. The predicted octanol–water partition coefficient (Wildman–Crippen LogP) is 3.13. The van der Waals surface area contributed by atoms with Gasteiger partial charge in [0.05, 0.1) is 11.9 Å². The van der Waals surface area contributed by atoms with Gasteiger partial charge >= 0.3 is 0 Å². The summed E-state index contributed by atoms with van der Waals surface area (Å²) in [5.41, 5.74) is 2.25. The molecule has 2 rings (SSSR count). The van der Waals surface area contributed by atoms with E-state index in [1.54, 1.807) is 0 Å². The van der Waals surface area contributed by atoms with Crippen LogP contribution in [-0.2, 0) is 6.54 Å². The number of hydrogen-bond acceptors (Lipinski definition) is 2. The van der Waals surface area contributed by atoms with Gasteiger partial charge in [0.15, 0.2) is 0 Å². The van der Waals surface area contributed by atoms with Gasteiger partial charge in [0.25, 0.3) is 0 Å². The average molecular weight is 294 g/mol. The summed E-state index contributed by atoms with van der Waals surface area (Å²) in [6.07, 6.45) is 3.95. The minimum atomic E-state index is 0.488. The van der Waals surface area contributed by atoms with Gasteiger partial charge in [-0.15, -0.1) is 0 Å². The topological polar surface area (TPSA) is 29.9 Å². The van der Waals surface area contributed by atoms with Crippen LogP contribution in [0.5, 0.6) is 0 Å². The van der Waals surface area contributed by atoms with Crippen molar-refractivity contribution in [2.75, 3.05) is 0 Å². The number of para-hydroxylation sites is 1. The Morgan fingerprint density at radius 3 is 2.82 bits per heavy atom. The van der Waals surface area contributed by atoms with Gasteiger partial charge in [-0.05, 0) is 28.1 Å². The van der Waals surface area contributed by atoms with Crippen molar-refractivity contribution < 1.29 is 0 Å². The number of nitrogens with one attached hydrogen (secondary N) is 1. The fourth-order valence-corrected chi connectivity index (χ4v) is 2.01. The fourth-order valence-electron chi connectivity index (χ4n) is 1.54. The van der Waals surface area contributed by atoms with Gasteiger partial charge < -0.3 is 5.32 Å². The van der Waals surface area contributed by atoms with Crippen molar-refractivity contribution in [1.82, 2.24) is 15.1 Å². The average Bonchev–Trinajstić information content (AvgIpc) is 2.75. The first-order valence-electron chi connectivity index (χ1n) is 5.68. The zero-order valence-electron chi connectivity index (χ0n) is 10.0. The predicted molar refractivity (Wildman–Crippen MR) is 73.2 cm³/mol. The van der Waals surface area contributed by atoms with Crippen LogP contribution in [0.25, 0.3) is 5.69 Å². The molecule has 90 valence electrons. The van der Waals surface area contributed by atoms with E-state index in [-0.39, 0.29) is 0 Å². The summed E-state index contributed by atoms with van der Waals surface area (Å²) in [6.45, 7) is 5.12. The number of benzene rings is 1. The van der Waals surface area contributed by atoms with Crippen molar-refractivity contribution in [2.45, 2.75) is 26.4 Å². The Labute approximate surface area is 110 Å². The van der Waals surface area contributed by atoms with Crippen LogP contribution in [0.15, 0.2) is 41.1 Å². The summed E-state index contributed by atoms with van der Waals surface area (Å²) >= 11 is 3.53. The maximum Gasteiger partial charge on any atom is 0.0787 e. The Bertz CT molecular complexity index is 491. The molecule has 0 amide bonds. The maximum atomic E-state index is 4.37. The lowest BCUT2D eigenvalue weighted by molar-refractivity contribution is 0.589. The monoisotopic (exact) mass is 293 g/mol. The smallest absolute Gasteiger partial charge is 0.0787 e. The van der Waals surface area contributed by atoms with Crippen LogP contribution in [0, 0.1) is 0 Å². The Morgan fingerprint density at radius 2 is 2.12 bits per heavy atom. The molecule has 1 N–H and O–H groups in total. The van der Waals surface area contributed by atoms with Crippen molar-refractivity contribution in [2.24, 2.45) is 0 Å². The molecule has 0 aliphatic carbocycles. The van der Waals surface area contributed by atoms with Gasteiger partial charge in [0, 0.05) is 28.8 Å². The lowest BCUT2D eigenvalue weighted by atomic mass is 10.3. The molecule has 0 atom stereocenters. The molecule has 0 unspecified atom stereocenters. The lowest BCUT2D eigenvalue weighted by Crippen LogP contribution is -2.21. The number of nitrogens with zero attached hydrogens (tertiary/aromatic N) is 2. The first-order valence-corrected chi connectivity index (χ1v) is 6.48. The summed E-state index contributed by atoms with van der Waals surface area (Å²) in [4.78, 5) is 0. The third-order valence-electron chi connectivity index (χ3n) is 2.45. The van der Waals surface area contributed by atoms with E-state index in [1.807, 2.05) is 35.1 Å². The van der Waals surface area contributed by atoms with Crippen LogP contribution in [-0.4, -0.2) is 15.8 Å². The normalized spacial score (nSPS) is 11.1. The first-order chi connectivity index (χ1) is 8.16. The van der Waals surface area contributed by atoms with E-state index in [2.05, 4.69) is 46.4 Å².